The van der Waals surface area contributed by atoms with Crippen molar-refractivity contribution in [3.05, 3.63) is 23.8 Å². The number of ether oxygens (including phenoxy) is 1. The second-order valence-electron chi connectivity index (χ2n) is 6.19. The van der Waals surface area contributed by atoms with Crippen LogP contribution in [-0.2, 0) is 25.3 Å². The molecule has 8 nitrogen and oxygen atoms in total. The predicted molar refractivity (Wildman–Crippen MR) is 94.5 cm³/mol. The highest BCUT2D eigenvalue weighted by Gasteiger charge is 2.37. The molecule has 1 fully saturated rings. The number of primary amides is 1. The number of halogens is 3. The van der Waals surface area contributed by atoms with Gasteiger partial charge in [-0.05, 0) is 31.8 Å². The molecule has 2 rings (SSSR count). The van der Waals surface area contributed by atoms with E-state index in [1.807, 2.05) is 0 Å². The fourth-order valence-electron chi connectivity index (χ4n) is 2.76. The minimum Gasteiger partial charge on any atom is -0.370 e. The summed E-state index contributed by atoms with van der Waals surface area (Å²) in [6, 6.07) is 1.69. The molecule has 28 heavy (non-hydrogen) atoms. The van der Waals surface area contributed by atoms with Gasteiger partial charge in [0.15, 0.2) is 6.04 Å². The molecule has 1 aliphatic rings. The number of rotatable bonds is 6. The van der Waals surface area contributed by atoms with Crippen LogP contribution in [0.15, 0.2) is 18.2 Å². The summed E-state index contributed by atoms with van der Waals surface area (Å²) in [5, 5.41) is 2.13. The van der Waals surface area contributed by atoms with Crippen LogP contribution in [0.25, 0.3) is 0 Å². The number of carbonyl (C=O) groups excluding carboxylic acids is 3. The van der Waals surface area contributed by atoms with Crippen LogP contribution in [0.5, 0.6) is 0 Å². The van der Waals surface area contributed by atoms with Crippen LogP contribution in [0.2, 0.25) is 0 Å². The molecule has 0 aromatic heterocycles. The number of hydrogen-bond donors (Lipinski definition) is 2. The average Bonchev–Trinajstić information content (AvgIpc) is 2.61. The van der Waals surface area contributed by atoms with Gasteiger partial charge in [0.25, 0.3) is 11.8 Å². The van der Waals surface area contributed by atoms with Crippen molar-refractivity contribution in [3.63, 3.8) is 0 Å². The van der Waals surface area contributed by atoms with Crippen molar-refractivity contribution in [2.45, 2.75) is 19.1 Å². The van der Waals surface area contributed by atoms with Gasteiger partial charge in [-0.25, -0.2) is 0 Å². The lowest BCUT2D eigenvalue weighted by Gasteiger charge is -2.28. The standard InChI is InChI=1S/C17H21F3N4O4/c1-3-23(2)14(15(21)26)16(27)22-12-5-4-10(8-11(12)17(18,19)20)24-6-7-28-9-13(24)25/h4-5,8,14H,3,6-7,9H2,1-2H3,(H2,21,26)(H,22,27)/t14-/m0/s1. The summed E-state index contributed by atoms with van der Waals surface area (Å²) in [6.07, 6.45) is -4.80. The summed E-state index contributed by atoms with van der Waals surface area (Å²) < 4.78 is 45.6. The third-order valence-corrected chi connectivity index (χ3v) is 4.32. The predicted octanol–water partition coefficient (Wildman–Crippen LogP) is 0.813. The Morgan fingerprint density at radius 1 is 1.39 bits per heavy atom. The summed E-state index contributed by atoms with van der Waals surface area (Å²) in [5.41, 5.74) is 3.58. The Hall–Kier alpha value is -2.66. The first kappa shape index (κ1) is 21.6. The summed E-state index contributed by atoms with van der Waals surface area (Å²) in [7, 11) is 1.45. The van der Waals surface area contributed by atoms with Crippen LogP contribution >= 0.6 is 0 Å². The number of nitrogens with two attached hydrogens (primary N) is 1. The second kappa shape index (κ2) is 8.57. The number of benzene rings is 1. The molecule has 1 aliphatic heterocycles. The van der Waals surface area contributed by atoms with E-state index in [9.17, 15) is 27.6 Å². The van der Waals surface area contributed by atoms with Crippen molar-refractivity contribution in [1.82, 2.24) is 4.90 Å². The van der Waals surface area contributed by atoms with Gasteiger partial charge in [0, 0.05) is 12.2 Å². The molecule has 1 heterocycles. The molecule has 0 aliphatic carbocycles. The molecule has 1 atom stereocenters. The minimum atomic E-state index is -4.80. The van der Waals surface area contributed by atoms with E-state index in [1.54, 1.807) is 6.92 Å². The maximum atomic E-state index is 13.5. The van der Waals surface area contributed by atoms with Crippen molar-refractivity contribution in [1.29, 1.82) is 0 Å². The van der Waals surface area contributed by atoms with E-state index in [0.717, 1.165) is 12.1 Å². The fraction of sp³-hybridized carbons (Fsp3) is 0.471. The first-order chi connectivity index (χ1) is 13.1. The maximum Gasteiger partial charge on any atom is 0.418 e. The smallest absolute Gasteiger partial charge is 0.370 e. The number of carbonyl (C=O) groups is 3. The highest BCUT2D eigenvalue weighted by atomic mass is 19.4. The van der Waals surface area contributed by atoms with Crippen molar-refractivity contribution in [2.24, 2.45) is 5.73 Å². The quantitative estimate of drug-likeness (QED) is 0.686. The highest BCUT2D eigenvalue weighted by Crippen LogP contribution is 2.37. The molecule has 0 spiro atoms. The van der Waals surface area contributed by atoms with Gasteiger partial charge in [0.2, 0.25) is 5.91 Å². The lowest BCUT2D eigenvalue weighted by Crippen LogP contribution is -2.50. The van der Waals surface area contributed by atoms with Crippen molar-refractivity contribution in [2.75, 3.05) is 43.6 Å². The Kier molecular flexibility index (Phi) is 6.62. The van der Waals surface area contributed by atoms with Gasteiger partial charge in [-0.3, -0.25) is 19.3 Å². The third kappa shape index (κ3) is 4.78. The van der Waals surface area contributed by atoms with Crippen LogP contribution in [0.4, 0.5) is 24.5 Å². The van der Waals surface area contributed by atoms with Crippen LogP contribution < -0.4 is 16.0 Å². The number of alkyl halides is 3. The molecule has 0 saturated carbocycles. The number of hydrogen-bond acceptors (Lipinski definition) is 5. The first-order valence-electron chi connectivity index (χ1n) is 8.46. The zero-order valence-corrected chi connectivity index (χ0v) is 15.4. The van der Waals surface area contributed by atoms with Gasteiger partial charge in [0.05, 0.1) is 17.9 Å². The normalized spacial score (nSPS) is 16.2. The monoisotopic (exact) mass is 402 g/mol. The van der Waals surface area contributed by atoms with E-state index >= 15 is 0 Å². The van der Waals surface area contributed by atoms with E-state index in [4.69, 9.17) is 10.5 Å². The zero-order chi connectivity index (χ0) is 21.1. The molecule has 0 radical (unpaired) electrons. The van der Waals surface area contributed by atoms with E-state index in [-0.39, 0.29) is 32.0 Å². The van der Waals surface area contributed by atoms with E-state index in [0.29, 0.717) is 0 Å². The van der Waals surface area contributed by atoms with Crippen LogP contribution in [-0.4, -0.2) is 62.0 Å². The van der Waals surface area contributed by atoms with Crippen molar-refractivity contribution >= 4 is 29.1 Å². The van der Waals surface area contributed by atoms with Gasteiger partial charge in [-0.1, -0.05) is 6.92 Å². The van der Waals surface area contributed by atoms with Gasteiger partial charge in [0.1, 0.15) is 6.61 Å². The van der Waals surface area contributed by atoms with Crippen LogP contribution in [0.1, 0.15) is 12.5 Å². The number of nitrogens with zero attached hydrogens (tertiary/aromatic N) is 2. The lowest BCUT2D eigenvalue weighted by atomic mass is 10.1. The molecular weight excluding hydrogens is 381 g/mol. The molecule has 11 heteroatoms. The topological polar surface area (TPSA) is 105 Å². The Bertz CT molecular complexity index is 769. The summed E-state index contributed by atoms with van der Waals surface area (Å²) in [6.45, 7) is 2.05. The molecule has 0 bridgehead atoms. The van der Waals surface area contributed by atoms with E-state index in [1.165, 1.54) is 22.9 Å². The Morgan fingerprint density at radius 2 is 2.07 bits per heavy atom. The Labute approximate surface area is 159 Å². The molecule has 1 saturated heterocycles. The van der Waals surface area contributed by atoms with E-state index < -0.39 is 41.2 Å². The summed E-state index contributed by atoms with van der Waals surface area (Å²) >= 11 is 0. The number of amides is 3. The van der Waals surface area contributed by atoms with Crippen LogP contribution in [0.3, 0.4) is 0 Å². The molecule has 1 aromatic rings. The number of likely N-dealkylation sites (N-methyl/N-ethyl adjacent to an activating group) is 1. The highest BCUT2D eigenvalue weighted by molar-refractivity contribution is 6.10. The fourth-order valence-corrected chi connectivity index (χ4v) is 2.76. The Morgan fingerprint density at radius 3 is 2.61 bits per heavy atom. The Balaban J connectivity index is 2.37. The number of anilines is 2. The van der Waals surface area contributed by atoms with Gasteiger partial charge >= 0.3 is 6.18 Å². The summed E-state index contributed by atoms with van der Waals surface area (Å²) in [5.74, 6) is -2.42. The average molecular weight is 402 g/mol. The van der Waals surface area contributed by atoms with Crippen LogP contribution in [0, 0.1) is 0 Å². The molecular formula is C17H21F3N4O4. The molecule has 3 amide bonds. The van der Waals surface area contributed by atoms with Gasteiger partial charge < -0.3 is 20.7 Å². The lowest BCUT2D eigenvalue weighted by molar-refractivity contribution is -0.137. The maximum absolute atomic E-state index is 13.5. The second-order valence-corrected chi connectivity index (χ2v) is 6.19. The third-order valence-electron chi connectivity index (χ3n) is 4.32. The molecule has 3 N–H and O–H groups in total. The largest absolute Gasteiger partial charge is 0.418 e. The SMILES string of the molecule is CCN(C)[C@@H](C(N)=O)C(=O)Nc1ccc(N2CCOCC2=O)cc1C(F)(F)F. The number of nitrogens with one attached hydrogen (secondary N) is 1. The van der Waals surface area contributed by atoms with Gasteiger partial charge in [-0.15, -0.1) is 0 Å². The zero-order valence-electron chi connectivity index (χ0n) is 15.4. The molecule has 1 aromatic carbocycles. The number of morpholine rings is 1. The van der Waals surface area contributed by atoms with Crippen molar-refractivity contribution in [3.8, 4) is 0 Å². The van der Waals surface area contributed by atoms with E-state index in [2.05, 4.69) is 5.32 Å². The van der Waals surface area contributed by atoms with Gasteiger partial charge in [-0.2, -0.15) is 13.2 Å². The molecule has 154 valence electrons. The first-order valence-corrected chi connectivity index (χ1v) is 8.46. The summed E-state index contributed by atoms with van der Waals surface area (Å²) in [4.78, 5) is 38.3. The van der Waals surface area contributed by atoms with Crippen molar-refractivity contribution < 1.29 is 32.3 Å². The molecule has 0 unspecified atom stereocenters. The minimum absolute atomic E-state index is 0.0377.